The molecular formula is C49H90NO7P. The molecule has 0 aliphatic carbocycles. The van der Waals surface area contributed by atoms with E-state index in [1.165, 1.54) is 96.3 Å². The summed E-state index contributed by atoms with van der Waals surface area (Å²) in [4.78, 5) is 25.1. The van der Waals surface area contributed by atoms with Gasteiger partial charge in [-0.3, -0.25) is 9.36 Å². The summed E-state index contributed by atoms with van der Waals surface area (Å²) in [6, 6.07) is 0. The van der Waals surface area contributed by atoms with Crippen LogP contribution in [0.15, 0.2) is 60.8 Å². The van der Waals surface area contributed by atoms with Crippen molar-refractivity contribution in [2.45, 2.75) is 193 Å². The van der Waals surface area contributed by atoms with E-state index in [9.17, 15) is 14.3 Å². The van der Waals surface area contributed by atoms with E-state index in [-0.39, 0.29) is 25.8 Å². The molecule has 0 bridgehead atoms. The first-order chi connectivity index (χ1) is 28.1. The predicted octanol–water partition coefficient (Wildman–Crippen LogP) is 13.5. The molecule has 8 nitrogen and oxygen atoms in total. The van der Waals surface area contributed by atoms with Gasteiger partial charge in [-0.05, 0) is 77.0 Å². The number of quaternary nitrogens is 1. The van der Waals surface area contributed by atoms with Crippen molar-refractivity contribution in [3.63, 3.8) is 0 Å². The number of phosphoric acid groups is 1. The molecule has 0 saturated carbocycles. The van der Waals surface area contributed by atoms with E-state index < -0.39 is 13.9 Å². The number of esters is 1. The molecule has 338 valence electrons. The van der Waals surface area contributed by atoms with Gasteiger partial charge >= 0.3 is 5.97 Å². The highest BCUT2D eigenvalue weighted by Crippen LogP contribution is 2.38. The van der Waals surface area contributed by atoms with Gasteiger partial charge in [0.15, 0.2) is 0 Å². The molecule has 0 spiro atoms. The Balaban J connectivity index is 4.25. The number of nitrogens with zero attached hydrogens (tertiary/aromatic N) is 1. The second-order valence-corrected chi connectivity index (χ2v) is 18.1. The second kappa shape index (κ2) is 41.9. The number of unbranched alkanes of at least 4 members (excludes halogenated alkanes) is 19. The lowest BCUT2D eigenvalue weighted by Crippen LogP contribution is -2.37. The zero-order chi connectivity index (χ0) is 42.7. The van der Waals surface area contributed by atoms with Crippen LogP contribution >= 0.6 is 7.82 Å². The van der Waals surface area contributed by atoms with Crippen LogP contribution in [0, 0.1) is 0 Å². The Morgan fingerprint density at radius 3 is 1.52 bits per heavy atom. The van der Waals surface area contributed by atoms with Crippen molar-refractivity contribution in [3.05, 3.63) is 60.8 Å². The highest BCUT2D eigenvalue weighted by Gasteiger charge is 2.20. The van der Waals surface area contributed by atoms with Crippen molar-refractivity contribution in [3.8, 4) is 0 Å². The first-order valence-corrected chi connectivity index (χ1v) is 25.0. The van der Waals surface area contributed by atoms with Gasteiger partial charge in [0.1, 0.15) is 19.3 Å². The molecule has 0 aromatic heterocycles. The van der Waals surface area contributed by atoms with Crippen molar-refractivity contribution in [2.75, 3.05) is 54.1 Å². The van der Waals surface area contributed by atoms with Gasteiger partial charge in [0.2, 0.25) is 0 Å². The Hall–Kier alpha value is -1.80. The number of rotatable bonds is 43. The average molecular weight is 836 g/mol. The molecule has 2 unspecified atom stereocenters. The Bertz CT molecular complexity index is 1110. The molecule has 0 aliphatic rings. The van der Waals surface area contributed by atoms with E-state index in [4.69, 9.17) is 18.5 Å². The third kappa shape index (κ3) is 45.3. The Labute approximate surface area is 358 Å². The molecule has 58 heavy (non-hydrogen) atoms. The molecule has 0 rings (SSSR count). The molecular weight excluding hydrogens is 746 g/mol. The predicted molar refractivity (Wildman–Crippen MR) is 245 cm³/mol. The Kier molecular flexibility index (Phi) is 40.6. The summed E-state index contributed by atoms with van der Waals surface area (Å²) < 4.78 is 34.6. The maximum absolute atomic E-state index is 12.7. The lowest BCUT2D eigenvalue weighted by Gasteiger charge is -2.28. The topological polar surface area (TPSA) is 94.1 Å². The molecule has 0 radical (unpaired) electrons. The van der Waals surface area contributed by atoms with Crippen LogP contribution in [0.5, 0.6) is 0 Å². The van der Waals surface area contributed by atoms with Gasteiger partial charge in [-0.2, -0.15) is 0 Å². The van der Waals surface area contributed by atoms with Crippen molar-refractivity contribution in [1.82, 2.24) is 0 Å². The van der Waals surface area contributed by atoms with Gasteiger partial charge in [0, 0.05) is 13.0 Å². The van der Waals surface area contributed by atoms with Crippen molar-refractivity contribution in [2.24, 2.45) is 0 Å². The minimum atomic E-state index is -4.54. The van der Waals surface area contributed by atoms with E-state index in [0.717, 1.165) is 70.6 Å². The number of hydrogen-bond donors (Lipinski definition) is 0. The number of ether oxygens (including phenoxy) is 2. The maximum atomic E-state index is 12.7. The van der Waals surface area contributed by atoms with Gasteiger partial charge < -0.3 is 27.9 Å². The quantitative estimate of drug-likeness (QED) is 0.0198. The number of carbonyl (C=O) groups excluding carboxylic acids is 1. The lowest BCUT2D eigenvalue weighted by atomic mass is 10.1. The normalized spacial score (nSPS) is 14.2. The molecule has 9 heteroatoms. The van der Waals surface area contributed by atoms with Crippen LogP contribution in [-0.4, -0.2) is 70.7 Å². The standard InChI is InChI=1S/C49H90NO7P/c1-6-8-10-12-14-16-18-20-22-24-25-26-28-30-32-34-36-38-40-42-49(51)57-48(47-56-58(52,53)55-45-43-50(3,4)5)46-54-44-41-39-37-35-33-31-29-27-23-21-19-17-15-13-11-9-7-2/h8,10,14,16,20,22-23,25-27,48H,6-7,9,11-13,15,17-19,21,24,28-47H2,1-5H3/b10-8-,16-14-,22-20-,26-25-,27-23-. The van der Waals surface area contributed by atoms with Crippen molar-refractivity contribution < 1.29 is 37.3 Å². The molecule has 2 atom stereocenters. The Morgan fingerprint density at radius 2 is 1.00 bits per heavy atom. The molecule has 0 aromatic rings. The first kappa shape index (κ1) is 56.2. The maximum Gasteiger partial charge on any atom is 0.306 e. The summed E-state index contributed by atoms with van der Waals surface area (Å²) in [5.74, 6) is -0.351. The summed E-state index contributed by atoms with van der Waals surface area (Å²) in [6.07, 6.45) is 52.3. The monoisotopic (exact) mass is 836 g/mol. The fraction of sp³-hybridized carbons (Fsp3) is 0.776. The van der Waals surface area contributed by atoms with Crippen LogP contribution in [0.3, 0.4) is 0 Å². The largest absolute Gasteiger partial charge is 0.756 e. The second-order valence-electron chi connectivity index (χ2n) is 16.7. The highest BCUT2D eigenvalue weighted by atomic mass is 31.2. The molecule has 0 fully saturated rings. The molecule has 0 amide bonds. The van der Waals surface area contributed by atoms with Gasteiger partial charge in [0.05, 0.1) is 34.4 Å². The number of likely N-dealkylation sites (N-methyl/N-ethyl adjacent to an activating group) is 1. The Morgan fingerprint density at radius 1 is 0.552 bits per heavy atom. The van der Waals surface area contributed by atoms with Crippen LogP contribution in [0.25, 0.3) is 0 Å². The van der Waals surface area contributed by atoms with E-state index in [1.54, 1.807) is 0 Å². The van der Waals surface area contributed by atoms with Crippen LogP contribution in [0.1, 0.15) is 187 Å². The lowest BCUT2D eigenvalue weighted by molar-refractivity contribution is -0.870. The smallest absolute Gasteiger partial charge is 0.306 e. The molecule has 0 saturated heterocycles. The fourth-order valence-electron chi connectivity index (χ4n) is 6.18. The third-order valence-corrected chi connectivity index (χ3v) is 10.8. The van der Waals surface area contributed by atoms with Crippen LogP contribution in [-0.2, 0) is 27.9 Å². The van der Waals surface area contributed by atoms with Gasteiger partial charge in [-0.1, -0.05) is 164 Å². The van der Waals surface area contributed by atoms with Gasteiger partial charge in [0.25, 0.3) is 7.82 Å². The SMILES string of the molecule is CC/C=C\C/C=C\C/C=C\C/C=C\CCCCCCCCC(=O)OC(COCCCCCCCC/C=C\CCCCCCCCC)COP(=O)([O-])OCC[N+](C)(C)C. The fourth-order valence-corrected chi connectivity index (χ4v) is 6.91. The highest BCUT2D eigenvalue weighted by molar-refractivity contribution is 7.45. The van der Waals surface area contributed by atoms with Gasteiger partial charge in [-0.15, -0.1) is 0 Å². The van der Waals surface area contributed by atoms with E-state index in [0.29, 0.717) is 24.1 Å². The summed E-state index contributed by atoms with van der Waals surface area (Å²) in [5, 5.41) is 0. The summed E-state index contributed by atoms with van der Waals surface area (Å²) in [6.45, 7) is 5.26. The molecule has 0 aliphatic heterocycles. The van der Waals surface area contributed by atoms with Crippen LogP contribution < -0.4 is 4.89 Å². The average Bonchev–Trinajstić information content (AvgIpc) is 3.18. The first-order valence-electron chi connectivity index (χ1n) is 23.5. The third-order valence-electron chi connectivity index (χ3n) is 9.80. The number of carbonyl (C=O) groups is 1. The number of phosphoric ester groups is 1. The van der Waals surface area contributed by atoms with Crippen LogP contribution in [0.2, 0.25) is 0 Å². The van der Waals surface area contributed by atoms with Crippen molar-refractivity contribution >= 4 is 13.8 Å². The van der Waals surface area contributed by atoms with Crippen LogP contribution in [0.4, 0.5) is 0 Å². The van der Waals surface area contributed by atoms with E-state index in [1.807, 2.05) is 21.1 Å². The minimum absolute atomic E-state index is 0.0195. The molecule has 0 N–H and O–H groups in total. The number of allylic oxidation sites excluding steroid dienone is 10. The van der Waals surface area contributed by atoms with Crippen molar-refractivity contribution in [1.29, 1.82) is 0 Å². The van der Waals surface area contributed by atoms with Gasteiger partial charge in [-0.25, -0.2) is 0 Å². The van der Waals surface area contributed by atoms with E-state index >= 15 is 0 Å². The molecule has 0 heterocycles. The summed E-state index contributed by atoms with van der Waals surface area (Å²) >= 11 is 0. The summed E-state index contributed by atoms with van der Waals surface area (Å²) in [7, 11) is 1.34. The zero-order valence-electron chi connectivity index (χ0n) is 38.2. The minimum Gasteiger partial charge on any atom is -0.756 e. The number of hydrogen-bond acceptors (Lipinski definition) is 7. The van der Waals surface area contributed by atoms with E-state index in [2.05, 4.69) is 74.6 Å². The summed E-state index contributed by atoms with van der Waals surface area (Å²) in [5.41, 5.74) is 0. The zero-order valence-corrected chi connectivity index (χ0v) is 39.1. The molecule has 0 aromatic carbocycles.